The molecule has 0 saturated heterocycles. The predicted molar refractivity (Wildman–Crippen MR) is 344 cm³/mol. The lowest BCUT2D eigenvalue weighted by Crippen LogP contribution is -2.61. The third-order valence-corrected chi connectivity index (χ3v) is 18.0. The van der Waals surface area contributed by atoms with Gasteiger partial charge in [-0.3, -0.25) is 0 Å². The van der Waals surface area contributed by atoms with E-state index in [0.717, 1.165) is 18.5 Å². The van der Waals surface area contributed by atoms with Crippen molar-refractivity contribution in [2.75, 3.05) is 9.80 Å². The SMILES string of the molecule is CC(C)(C)c1ccc(-c2cc3c4c(c2)N(c2ccc(C(C)(C)C)cc2)c2cc5c(cc2B4c2cc(C(C)(C)C)ccc2N3c2ccc(C(C)(C)C)cc2)c2cc3c(cc2n5-c2cc(C(C)(C)C)cc(C(C)(C)C)c2)CCC3)cc1. The van der Waals surface area contributed by atoms with Gasteiger partial charge in [-0.1, -0.05) is 197 Å². The summed E-state index contributed by atoms with van der Waals surface area (Å²) in [6.07, 6.45) is 3.46. The van der Waals surface area contributed by atoms with Crippen molar-refractivity contribution >= 4 is 79.0 Å². The summed E-state index contributed by atoms with van der Waals surface area (Å²) in [4.78, 5) is 5.25. The number of nitrogens with zero attached hydrogens (tertiary/aromatic N) is 3. The maximum Gasteiger partial charge on any atom is 0.252 e. The van der Waals surface area contributed by atoms with Crippen LogP contribution in [0, 0.1) is 0 Å². The molecule has 0 spiro atoms. The standard InChI is InChI=1S/C75H84BN3/c1-70(2,3)50-24-22-46(23-25-50)49-38-67-69-68(39-49)78(57-33-28-52(29-34-57)72(7,8)9)66-45-65-60(59-36-47-20-19-21-48(47)37-64(59)79(65)58-41-54(74(13,14)15)40-55(42-58)75(16,17)18)44-62(66)76(69)61-43-53(73(10,11)12)30-35-63(61)77(67)56-31-26-51(27-32-56)71(4,5)6/h22-45H,19-21H2,1-18H3. The predicted octanol–water partition coefficient (Wildman–Crippen LogP) is 18.8. The maximum atomic E-state index is 2.65. The largest absolute Gasteiger partial charge is 0.311 e. The van der Waals surface area contributed by atoms with E-state index in [1.807, 2.05) is 0 Å². The molecule has 3 aliphatic rings. The lowest BCUT2D eigenvalue weighted by atomic mass is 9.33. The van der Waals surface area contributed by atoms with Crippen LogP contribution in [-0.2, 0) is 45.3 Å². The molecule has 0 N–H and O–H groups in total. The Bertz CT molecular complexity index is 3870. The highest BCUT2D eigenvalue weighted by molar-refractivity contribution is 7.00. The van der Waals surface area contributed by atoms with E-state index in [4.69, 9.17) is 0 Å². The van der Waals surface area contributed by atoms with E-state index in [2.05, 4.69) is 285 Å². The molecule has 1 aromatic heterocycles. The molecule has 1 aliphatic carbocycles. The van der Waals surface area contributed by atoms with Crippen LogP contribution in [0.15, 0.2) is 146 Å². The molecule has 0 bridgehead atoms. The zero-order valence-corrected chi connectivity index (χ0v) is 50.9. The number of anilines is 6. The van der Waals surface area contributed by atoms with Crippen molar-refractivity contribution in [2.24, 2.45) is 0 Å². The van der Waals surface area contributed by atoms with Crippen molar-refractivity contribution in [3.63, 3.8) is 0 Å². The Kier molecular flexibility index (Phi) is 12.0. The van der Waals surface area contributed by atoms with Gasteiger partial charge in [0.25, 0.3) is 6.71 Å². The van der Waals surface area contributed by atoms with Crippen LogP contribution in [0.3, 0.4) is 0 Å². The number of hydrogen-bond acceptors (Lipinski definition) is 2. The number of hydrogen-bond donors (Lipinski definition) is 0. The number of benzene rings is 8. The zero-order chi connectivity index (χ0) is 56.3. The van der Waals surface area contributed by atoms with Crippen LogP contribution in [0.25, 0.3) is 38.6 Å². The van der Waals surface area contributed by atoms with Gasteiger partial charge in [0, 0.05) is 50.6 Å². The van der Waals surface area contributed by atoms with Crippen LogP contribution in [0.1, 0.15) is 176 Å². The number of aryl methyl sites for hydroxylation is 2. The first-order chi connectivity index (χ1) is 36.9. The second kappa shape index (κ2) is 17.9. The molecule has 0 amide bonds. The average molecular weight is 1040 g/mol. The number of rotatable bonds is 4. The van der Waals surface area contributed by atoms with Gasteiger partial charge in [-0.15, -0.1) is 0 Å². The molecule has 0 fully saturated rings. The Balaban J connectivity index is 1.24. The minimum absolute atomic E-state index is 0.000126. The summed E-state index contributed by atoms with van der Waals surface area (Å²) >= 11 is 0. The van der Waals surface area contributed by atoms with Gasteiger partial charge in [-0.2, -0.15) is 0 Å². The highest BCUT2D eigenvalue weighted by atomic mass is 15.2. The molecule has 0 atom stereocenters. The van der Waals surface area contributed by atoms with Crippen LogP contribution < -0.4 is 26.2 Å². The normalized spacial score (nSPS) is 14.7. The van der Waals surface area contributed by atoms with Gasteiger partial charge in [0.05, 0.1) is 11.0 Å². The summed E-state index contributed by atoms with van der Waals surface area (Å²) in [6, 6.07) is 58.7. The average Bonchev–Trinajstić information content (AvgIpc) is 3.99. The Morgan fingerprint density at radius 1 is 0.316 bits per heavy atom. The van der Waals surface area contributed by atoms with E-state index >= 15 is 0 Å². The van der Waals surface area contributed by atoms with Crippen LogP contribution >= 0.6 is 0 Å². The molecule has 8 aromatic carbocycles. The second-order valence-corrected chi connectivity index (χ2v) is 30.0. The van der Waals surface area contributed by atoms with Gasteiger partial charge < -0.3 is 14.4 Å². The molecule has 79 heavy (non-hydrogen) atoms. The summed E-state index contributed by atoms with van der Waals surface area (Å²) in [5.74, 6) is 0. The van der Waals surface area contributed by atoms with Crippen LogP contribution in [0.4, 0.5) is 34.1 Å². The molecular formula is C75H84BN3. The van der Waals surface area contributed by atoms with Crippen molar-refractivity contribution < 1.29 is 0 Å². The molecule has 402 valence electrons. The van der Waals surface area contributed by atoms with Gasteiger partial charge in [-0.25, -0.2) is 0 Å². The smallest absolute Gasteiger partial charge is 0.252 e. The highest BCUT2D eigenvalue weighted by Crippen LogP contribution is 2.49. The van der Waals surface area contributed by atoms with E-state index in [9.17, 15) is 0 Å². The Morgan fingerprint density at radius 2 is 0.734 bits per heavy atom. The first kappa shape index (κ1) is 52.9. The fraction of sp³-hybridized carbons (Fsp3) is 0.360. The van der Waals surface area contributed by atoms with Crippen molar-refractivity contribution in [3.05, 3.63) is 190 Å². The third-order valence-electron chi connectivity index (χ3n) is 18.0. The minimum atomic E-state index is -0.0655. The van der Waals surface area contributed by atoms with Crippen molar-refractivity contribution in [1.82, 2.24) is 4.57 Å². The Morgan fingerprint density at radius 3 is 1.23 bits per heavy atom. The first-order valence-corrected chi connectivity index (χ1v) is 29.5. The summed E-state index contributed by atoms with van der Waals surface area (Å²) in [6.45, 7) is 42.1. The molecule has 9 aromatic rings. The van der Waals surface area contributed by atoms with E-state index in [0.29, 0.717) is 0 Å². The molecule has 0 unspecified atom stereocenters. The molecule has 3 heterocycles. The van der Waals surface area contributed by atoms with Crippen LogP contribution in [0.5, 0.6) is 0 Å². The summed E-state index contributed by atoms with van der Waals surface area (Å²) in [7, 11) is 0. The van der Waals surface area contributed by atoms with E-state index in [-0.39, 0.29) is 39.2 Å². The Labute approximate surface area is 474 Å². The van der Waals surface area contributed by atoms with Gasteiger partial charge >= 0.3 is 0 Å². The lowest BCUT2D eigenvalue weighted by molar-refractivity contribution is 0.568. The van der Waals surface area contributed by atoms with Crippen molar-refractivity contribution in [3.8, 4) is 16.8 Å². The fourth-order valence-electron chi connectivity index (χ4n) is 13.0. The minimum Gasteiger partial charge on any atom is -0.311 e. The number of aromatic nitrogens is 1. The topological polar surface area (TPSA) is 11.4 Å². The summed E-state index contributed by atoms with van der Waals surface area (Å²) in [5, 5.41) is 2.66. The molecule has 0 saturated carbocycles. The van der Waals surface area contributed by atoms with E-state index in [1.165, 1.54) is 134 Å². The summed E-state index contributed by atoms with van der Waals surface area (Å²) in [5.41, 5.74) is 28.5. The highest BCUT2D eigenvalue weighted by Gasteiger charge is 2.45. The van der Waals surface area contributed by atoms with Crippen LogP contribution in [0.2, 0.25) is 0 Å². The molecule has 4 heteroatoms. The monoisotopic (exact) mass is 1040 g/mol. The number of fused-ring (bicyclic) bond motifs is 8. The van der Waals surface area contributed by atoms with Gasteiger partial charge in [0.1, 0.15) is 0 Å². The third kappa shape index (κ3) is 9.05. The molecule has 0 radical (unpaired) electrons. The second-order valence-electron chi connectivity index (χ2n) is 30.0. The van der Waals surface area contributed by atoms with Gasteiger partial charge in [0.15, 0.2) is 0 Å². The molecular weight excluding hydrogens is 954 g/mol. The molecule has 12 rings (SSSR count). The molecule has 3 nitrogen and oxygen atoms in total. The fourth-order valence-corrected chi connectivity index (χ4v) is 13.0. The first-order valence-electron chi connectivity index (χ1n) is 29.5. The Hall–Kier alpha value is -6.78. The van der Waals surface area contributed by atoms with Crippen molar-refractivity contribution in [1.29, 1.82) is 0 Å². The van der Waals surface area contributed by atoms with E-state index < -0.39 is 0 Å². The zero-order valence-electron chi connectivity index (χ0n) is 50.9. The van der Waals surface area contributed by atoms with Crippen LogP contribution in [-0.4, -0.2) is 11.3 Å². The van der Waals surface area contributed by atoms with Gasteiger partial charge in [-0.05, 0) is 197 Å². The van der Waals surface area contributed by atoms with Gasteiger partial charge in [0.2, 0.25) is 0 Å². The quantitative estimate of drug-likeness (QED) is 0.163. The lowest BCUT2D eigenvalue weighted by Gasteiger charge is -2.45. The summed E-state index contributed by atoms with van der Waals surface area (Å²) < 4.78 is 2.65. The van der Waals surface area contributed by atoms with Crippen molar-refractivity contribution in [2.45, 2.75) is 176 Å². The maximum absolute atomic E-state index is 2.65. The van der Waals surface area contributed by atoms with E-state index in [1.54, 1.807) is 0 Å². The molecule has 2 aliphatic heterocycles.